The van der Waals surface area contributed by atoms with E-state index in [9.17, 15) is 13.2 Å². The number of sulfonamides is 1. The fourth-order valence-corrected chi connectivity index (χ4v) is 8.38. The van der Waals surface area contributed by atoms with E-state index in [1.54, 1.807) is 11.3 Å². The topological polar surface area (TPSA) is 57.7 Å². The highest BCUT2D eigenvalue weighted by molar-refractivity contribution is 7.89. The van der Waals surface area contributed by atoms with Gasteiger partial charge in [-0.05, 0) is 78.3 Å². The lowest BCUT2D eigenvalue weighted by Crippen LogP contribution is -2.47. The standard InChI is InChI=1S/C31H40N2O3S2/c1-8-15-32(38(35,36)30-22(3)18-21(2)19-23(30)4)20-28(34)33-16-13-27-26(14-17-37-27)29(33)24-9-11-25(12-10-24)31(5,6)7/h9-12,14,17-19,29H,8,13,15-16,20H2,1-7H3. The number of carbonyl (C=O) groups excluding carboxylic acids is 1. The van der Waals surface area contributed by atoms with Gasteiger partial charge in [0.25, 0.3) is 0 Å². The molecule has 38 heavy (non-hydrogen) atoms. The van der Waals surface area contributed by atoms with Crippen LogP contribution in [-0.4, -0.2) is 43.2 Å². The van der Waals surface area contributed by atoms with E-state index in [2.05, 4.69) is 56.5 Å². The van der Waals surface area contributed by atoms with E-state index >= 15 is 0 Å². The summed E-state index contributed by atoms with van der Waals surface area (Å²) in [5.41, 5.74) is 5.94. The molecule has 1 atom stereocenters. The third-order valence-corrected chi connectivity index (χ3v) is 10.5. The zero-order valence-corrected chi connectivity index (χ0v) is 25.3. The van der Waals surface area contributed by atoms with Crippen LogP contribution in [0.4, 0.5) is 0 Å². The van der Waals surface area contributed by atoms with Crippen molar-refractivity contribution < 1.29 is 13.2 Å². The van der Waals surface area contributed by atoms with E-state index in [-0.39, 0.29) is 23.9 Å². The molecule has 0 N–H and O–H groups in total. The molecule has 0 saturated heterocycles. The highest BCUT2D eigenvalue weighted by atomic mass is 32.2. The van der Waals surface area contributed by atoms with Crippen LogP contribution >= 0.6 is 11.3 Å². The van der Waals surface area contributed by atoms with Gasteiger partial charge in [0.05, 0.1) is 17.5 Å². The smallest absolute Gasteiger partial charge is 0.244 e. The first-order valence-electron chi connectivity index (χ1n) is 13.4. The molecule has 7 heteroatoms. The van der Waals surface area contributed by atoms with Crippen LogP contribution in [0.5, 0.6) is 0 Å². The molecule has 1 amide bonds. The van der Waals surface area contributed by atoms with E-state index in [0.29, 0.717) is 35.5 Å². The third kappa shape index (κ3) is 5.61. The average molecular weight is 553 g/mol. The molecule has 1 aromatic heterocycles. The molecule has 0 spiro atoms. The van der Waals surface area contributed by atoms with E-state index in [1.165, 1.54) is 14.7 Å². The summed E-state index contributed by atoms with van der Waals surface area (Å²) in [5, 5.41) is 2.09. The van der Waals surface area contributed by atoms with Crippen LogP contribution in [0.2, 0.25) is 0 Å². The Hall–Kier alpha value is -2.48. The van der Waals surface area contributed by atoms with Crippen LogP contribution in [0.15, 0.2) is 52.7 Å². The molecule has 3 aromatic rings. The number of benzene rings is 2. The number of amides is 1. The van der Waals surface area contributed by atoms with Crippen LogP contribution in [0.1, 0.15) is 78.4 Å². The molecule has 4 rings (SSSR count). The van der Waals surface area contributed by atoms with E-state index in [0.717, 1.165) is 23.1 Å². The predicted octanol–water partition coefficient (Wildman–Crippen LogP) is 6.55. The van der Waals surface area contributed by atoms with Gasteiger partial charge in [0.1, 0.15) is 0 Å². The first kappa shape index (κ1) is 28.5. The molecular weight excluding hydrogens is 512 g/mol. The first-order chi connectivity index (χ1) is 17.8. The number of hydrogen-bond donors (Lipinski definition) is 0. The zero-order chi connectivity index (χ0) is 27.8. The Morgan fingerprint density at radius 2 is 1.68 bits per heavy atom. The van der Waals surface area contributed by atoms with Gasteiger partial charge in [0.2, 0.25) is 15.9 Å². The van der Waals surface area contributed by atoms with Gasteiger partial charge in [0.15, 0.2) is 0 Å². The van der Waals surface area contributed by atoms with E-state index in [4.69, 9.17) is 0 Å². The van der Waals surface area contributed by atoms with E-state index in [1.807, 2.05) is 44.7 Å². The van der Waals surface area contributed by atoms with Gasteiger partial charge in [-0.3, -0.25) is 4.79 Å². The molecule has 0 bridgehead atoms. The van der Waals surface area contributed by atoms with Crippen LogP contribution in [0.25, 0.3) is 0 Å². The van der Waals surface area contributed by atoms with Gasteiger partial charge in [-0.2, -0.15) is 4.31 Å². The Balaban J connectivity index is 1.69. The summed E-state index contributed by atoms with van der Waals surface area (Å²) in [6, 6.07) is 14.2. The molecular formula is C31H40N2O3S2. The number of hydrogen-bond acceptors (Lipinski definition) is 4. The number of aryl methyl sites for hydroxylation is 3. The lowest BCUT2D eigenvalue weighted by molar-refractivity contribution is -0.133. The number of thiophene rings is 1. The number of fused-ring (bicyclic) bond motifs is 1. The summed E-state index contributed by atoms with van der Waals surface area (Å²) < 4.78 is 29.2. The van der Waals surface area contributed by atoms with Gasteiger partial charge >= 0.3 is 0 Å². The van der Waals surface area contributed by atoms with Crippen LogP contribution < -0.4 is 0 Å². The van der Waals surface area contributed by atoms with Crippen molar-refractivity contribution in [2.75, 3.05) is 19.6 Å². The van der Waals surface area contributed by atoms with Gasteiger partial charge in [-0.15, -0.1) is 11.3 Å². The second kappa shape index (κ2) is 10.9. The maximum absolute atomic E-state index is 14.0. The summed E-state index contributed by atoms with van der Waals surface area (Å²) in [7, 11) is -3.84. The molecule has 5 nitrogen and oxygen atoms in total. The molecule has 1 aliphatic heterocycles. The molecule has 1 unspecified atom stereocenters. The fourth-order valence-electron chi connectivity index (χ4n) is 5.59. The third-order valence-electron chi connectivity index (χ3n) is 7.37. The van der Waals surface area contributed by atoms with Crippen LogP contribution in [0.3, 0.4) is 0 Å². The van der Waals surface area contributed by atoms with Crippen molar-refractivity contribution in [3.05, 3.63) is 86.1 Å². The number of rotatable bonds is 7. The molecule has 2 heterocycles. The Kier molecular flexibility index (Phi) is 8.22. The maximum Gasteiger partial charge on any atom is 0.244 e. The van der Waals surface area contributed by atoms with Crippen molar-refractivity contribution in [3.8, 4) is 0 Å². The van der Waals surface area contributed by atoms with Crippen molar-refractivity contribution in [1.82, 2.24) is 9.21 Å². The summed E-state index contributed by atoms with van der Waals surface area (Å²) in [4.78, 5) is 17.4. The van der Waals surface area contributed by atoms with Crippen LogP contribution in [0, 0.1) is 20.8 Å². The van der Waals surface area contributed by atoms with Crippen LogP contribution in [-0.2, 0) is 26.7 Å². The molecule has 204 valence electrons. The number of carbonyl (C=O) groups is 1. The second-order valence-corrected chi connectivity index (χ2v) is 14.4. The van der Waals surface area contributed by atoms with Gasteiger partial charge in [-0.1, -0.05) is 69.7 Å². The molecule has 0 fully saturated rings. The monoisotopic (exact) mass is 552 g/mol. The SMILES string of the molecule is CCCN(CC(=O)N1CCc2sccc2C1c1ccc(C(C)(C)C)cc1)S(=O)(=O)c1c(C)cc(C)cc1C. The fraction of sp³-hybridized carbons (Fsp3) is 0.452. The van der Waals surface area contributed by atoms with Crippen molar-refractivity contribution in [3.63, 3.8) is 0 Å². The highest BCUT2D eigenvalue weighted by Crippen LogP contribution is 2.39. The quantitative estimate of drug-likeness (QED) is 0.334. The van der Waals surface area contributed by atoms with Crippen molar-refractivity contribution in [1.29, 1.82) is 0 Å². The molecule has 1 aliphatic rings. The zero-order valence-electron chi connectivity index (χ0n) is 23.7. The summed E-state index contributed by atoms with van der Waals surface area (Å²) in [6.07, 6.45) is 1.41. The molecule has 0 aliphatic carbocycles. The first-order valence-corrected chi connectivity index (χ1v) is 15.7. The minimum absolute atomic E-state index is 0.0371. The lowest BCUT2D eigenvalue weighted by Gasteiger charge is -2.37. The molecule has 0 radical (unpaired) electrons. The normalized spacial score (nSPS) is 16.1. The molecule has 2 aromatic carbocycles. The van der Waals surface area contributed by atoms with Gasteiger partial charge < -0.3 is 4.90 Å². The maximum atomic E-state index is 14.0. The lowest BCUT2D eigenvalue weighted by atomic mass is 9.85. The summed E-state index contributed by atoms with van der Waals surface area (Å²) in [5.74, 6) is -0.161. The largest absolute Gasteiger partial charge is 0.330 e. The van der Waals surface area contributed by atoms with Gasteiger partial charge in [0, 0.05) is 18.0 Å². The van der Waals surface area contributed by atoms with Crippen molar-refractivity contribution in [2.45, 2.75) is 77.7 Å². The van der Waals surface area contributed by atoms with Crippen molar-refractivity contribution in [2.24, 2.45) is 0 Å². The Morgan fingerprint density at radius 3 is 2.26 bits per heavy atom. The Labute approximate surface area is 232 Å². The van der Waals surface area contributed by atoms with Gasteiger partial charge in [-0.25, -0.2) is 8.42 Å². The Morgan fingerprint density at radius 1 is 1.05 bits per heavy atom. The Bertz CT molecular complexity index is 1390. The minimum Gasteiger partial charge on any atom is -0.330 e. The average Bonchev–Trinajstić information content (AvgIpc) is 3.30. The summed E-state index contributed by atoms with van der Waals surface area (Å²) >= 11 is 1.73. The second-order valence-electron chi connectivity index (χ2n) is 11.5. The number of nitrogens with zero attached hydrogens (tertiary/aromatic N) is 2. The minimum atomic E-state index is -3.84. The van der Waals surface area contributed by atoms with Crippen molar-refractivity contribution >= 4 is 27.3 Å². The summed E-state index contributed by atoms with van der Waals surface area (Å²) in [6.45, 7) is 14.8. The van der Waals surface area contributed by atoms with E-state index < -0.39 is 10.0 Å². The highest BCUT2D eigenvalue weighted by Gasteiger charge is 2.36. The predicted molar refractivity (Wildman–Crippen MR) is 156 cm³/mol. The molecule has 0 saturated carbocycles.